The summed E-state index contributed by atoms with van der Waals surface area (Å²) >= 11 is 2.35. The third-order valence-corrected chi connectivity index (χ3v) is 14.6. The summed E-state index contributed by atoms with van der Waals surface area (Å²) in [7, 11) is -9.42. The Hall–Kier alpha value is -3.66. The van der Waals surface area contributed by atoms with Crippen LogP contribution < -0.4 is 4.90 Å². The average Bonchev–Trinajstić information content (AvgIpc) is 3.83. The van der Waals surface area contributed by atoms with Crippen LogP contribution in [0, 0.1) is 0 Å². The lowest BCUT2D eigenvalue weighted by Crippen LogP contribution is -2.27. The van der Waals surface area contributed by atoms with Gasteiger partial charge in [0.15, 0.2) is 5.71 Å². The van der Waals surface area contributed by atoms with Gasteiger partial charge in [0.05, 0.1) is 27.8 Å². The Balaban J connectivity index is 1.41. The first kappa shape index (κ1) is 39.0. The van der Waals surface area contributed by atoms with E-state index in [1.807, 2.05) is 38.2 Å². The fourth-order valence-corrected chi connectivity index (χ4v) is 11.2. The van der Waals surface area contributed by atoms with E-state index in [0.29, 0.717) is 60.4 Å². The Bertz CT molecular complexity index is 2430. The lowest BCUT2D eigenvalue weighted by Gasteiger charge is -2.27. The summed E-state index contributed by atoms with van der Waals surface area (Å²) in [6.07, 6.45) is 14.4. The molecule has 53 heavy (non-hydrogen) atoms. The zero-order valence-corrected chi connectivity index (χ0v) is 33.7. The maximum absolute atomic E-state index is 12.6. The normalized spacial score (nSPS) is 17.6. The topological polar surface area (TPSA) is 141 Å². The summed E-state index contributed by atoms with van der Waals surface area (Å²) in [5, 5.41) is 3.73. The number of carbonyl (C=O) groups is 1. The van der Waals surface area contributed by atoms with Crippen molar-refractivity contribution in [3.63, 3.8) is 0 Å². The second-order valence-electron chi connectivity index (χ2n) is 14.4. The molecule has 14 heteroatoms. The number of carbonyl (C=O) groups excluding carboxylic acids is 1. The van der Waals surface area contributed by atoms with Gasteiger partial charge < -0.3 is 9.64 Å². The molecule has 0 saturated heterocycles. The first-order valence-corrected chi connectivity index (χ1v) is 22.2. The minimum absolute atomic E-state index is 0.0448. The minimum Gasteiger partial charge on any atom is -0.468 e. The van der Waals surface area contributed by atoms with Crippen LogP contribution in [-0.4, -0.2) is 62.4 Å². The molecule has 4 heterocycles. The molecule has 282 valence electrons. The molecule has 0 amide bonds. The molecule has 0 bridgehead atoms. The van der Waals surface area contributed by atoms with Crippen LogP contribution in [0.2, 0.25) is 0 Å². The van der Waals surface area contributed by atoms with E-state index in [0.717, 1.165) is 31.5 Å². The second-order valence-corrected chi connectivity index (χ2v) is 19.5. The molecule has 0 radical (unpaired) electrons. The molecule has 2 aromatic heterocycles. The van der Waals surface area contributed by atoms with E-state index in [1.165, 1.54) is 39.2 Å². The Morgan fingerprint density at radius 3 is 2.36 bits per heavy atom. The molecule has 6 rings (SSSR count). The second kappa shape index (κ2) is 14.9. The molecule has 10 nitrogen and oxygen atoms in total. The fraction of sp³-hybridized carbons (Fsp3) is 0.385. The molecule has 2 aliphatic heterocycles. The number of benzene rings is 2. The summed E-state index contributed by atoms with van der Waals surface area (Å²) in [5.41, 5.74) is 4.92. The van der Waals surface area contributed by atoms with Gasteiger partial charge in [-0.25, -0.2) is 0 Å². The lowest BCUT2D eigenvalue weighted by atomic mass is 9.81. The van der Waals surface area contributed by atoms with Crippen LogP contribution in [0.5, 0.6) is 0 Å². The van der Waals surface area contributed by atoms with E-state index < -0.39 is 34.8 Å². The van der Waals surface area contributed by atoms with Gasteiger partial charge in [-0.1, -0.05) is 45.4 Å². The maximum Gasteiger partial charge on any atom is 0.304 e. The van der Waals surface area contributed by atoms with Crippen LogP contribution in [0.15, 0.2) is 80.9 Å². The number of fused-ring (bicyclic) bond motifs is 6. The summed E-state index contributed by atoms with van der Waals surface area (Å²) in [6.45, 7) is 12.8. The van der Waals surface area contributed by atoms with Gasteiger partial charge >= 0.3 is 10.1 Å². The van der Waals surface area contributed by atoms with Gasteiger partial charge in [-0.15, -0.1) is 22.7 Å². The Morgan fingerprint density at radius 1 is 0.887 bits per heavy atom. The van der Waals surface area contributed by atoms with Gasteiger partial charge in [0.2, 0.25) is 5.69 Å². The molecular weight excluding hydrogens is 753 g/mol. The molecule has 0 unspecified atom stereocenters. The summed E-state index contributed by atoms with van der Waals surface area (Å²) < 4.78 is 78.1. The van der Waals surface area contributed by atoms with Crippen molar-refractivity contribution in [2.45, 2.75) is 86.7 Å². The number of nitrogens with zero attached hydrogens (tertiary/aromatic N) is 2. The number of rotatable bonds is 15. The summed E-state index contributed by atoms with van der Waals surface area (Å²) in [5.74, 6) is 0. The number of anilines is 1. The van der Waals surface area contributed by atoms with Gasteiger partial charge in [0, 0.05) is 45.8 Å². The van der Waals surface area contributed by atoms with E-state index in [-0.39, 0.29) is 10.1 Å². The number of hydrogen-bond donors (Lipinski definition) is 2. The van der Waals surface area contributed by atoms with E-state index in [4.69, 9.17) is 4.74 Å². The van der Waals surface area contributed by atoms with Crippen molar-refractivity contribution in [1.29, 1.82) is 0 Å². The Kier molecular flexibility index (Phi) is 11.0. The van der Waals surface area contributed by atoms with Crippen LogP contribution in [0.3, 0.4) is 0 Å². The van der Waals surface area contributed by atoms with Crippen LogP contribution in [0.4, 0.5) is 11.4 Å². The SMILES string of the molecule is CCCC[N+]1=C(/C=C/C=C/C=C2/N(CCCCCOC=O)c3c(cc(S(=O)(=O)O)c4sc(S(=O)(=O)O)cc34)C2(C)C)C(C)(C)c2ccc3sccc3c21. The van der Waals surface area contributed by atoms with Gasteiger partial charge in [-0.05, 0) is 80.5 Å². The van der Waals surface area contributed by atoms with Crippen LogP contribution >= 0.6 is 22.7 Å². The van der Waals surface area contributed by atoms with Crippen molar-refractivity contribution < 1.29 is 40.0 Å². The van der Waals surface area contributed by atoms with Crippen molar-refractivity contribution in [2.75, 3.05) is 24.6 Å². The highest BCUT2D eigenvalue weighted by molar-refractivity contribution is 7.88. The van der Waals surface area contributed by atoms with Crippen LogP contribution in [0.25, 0.3) is 20.2 Å². The number of thiophene rings is 2. The molecule has 0 saturated carbocycles. The monoisotopic (exact) mass is 797 g/mol. The molecule has 0 fully saturated rings. The zero-order chi connectivity index (χ0) is 38.3. The van der Waals surface area contributed by atoms with Gasteiger partial charge in [0.1, 0.15) is 15.6 Å². The largest absolute Gasteiger partial charge is 0.468 e. The van der Waals surface area contributed by atoms with Crippen LogP contribution in [-0.2, 0) is 40.6 Å². The van der Waals surface area contributed by atoms with Gasteiger partial charge in [-0.3, -0.25) is 13.9 Å². The predicted molar refractivity (Wildman–Crippen MR) is 214 cm³/mol. The molecule has 0 aliphatic carbocycles. The van der Waals surface area contributed by atoms with Crippen molar-refractivity contribution in [2.24, 2.45) is 0 Å². The zero-order valence-electron chi connectivity index (χ0n) is 30.5. The molecule has 2 aliphatic rings. The fourth-order valence-electron chi connectivity index (χ4n) is 7.65. The molecule has 0 atom stereocenters. The highest BCUT2D eigenvalue weighted by Crippen LogP contribution is 2.54. The Labute approximate surface area is 319 Å². The van der Waals surface area contributed by atoms with Crippen molar-refractivity contribution in [3.05, 3.63) is 82.9 Å². The number of allylic oxidation sites excluding steroid dienone is 6. The van der Waals surface area contributed by atoms with Crippen molar-refractivity contribution >= 4 is 86.6 Å². The molecule has 4 aromatic rings. The quantitative estimate of drug-likeness (QED) is 0.0397. The number of ether oxygens (including phenoxy) is 1. The van der Waals surface area contributed by atoms with E-state index in [2.05, 4.69) is 59.9 Å². The van der Waals surface area contributed by atoms with Crippen molar-refractivity contribution in [1.82, 2.24) is 0 Å². The third kappa shape index (κ3) is 7.29. The first-order chi connectivity index (χ1) is 25.0. The average molecular weight is 798 g/mol. The highest BCUT2D eigenvalue weighted by atomic mass is 32.3. The minimum atomic E-state index is -4.75. The lowest BCUT2D eigenvalue weighted by molar-refractivity contribution is -0.436. The number of unbranched alkanes of at least 4 members (excludes halogenated alkanes) is 3. The maximum atomic E-state index is 12.6. The summed E-state index contributed by atoms with van der Waals surface area (Å²) in [6, 6.07) is 9.38. The summed E-state index contributed by atoms with van der Waals surface area (Å²) in [4.78, 5) is 12.3. The van der Waals surface area contributed by atoms with Crippen molar-refractivity contribution in [3.8, 4) is 0 Å². The number of hydrogen-bond acceptors (Lipinski definition) is 9. The van der Waals surface area contributed by atoms with E-state index in [9.17, 15) is 30.7 Å². The molecule has 2 aromatic carbocycles. The molecular formula is C39H45N2O8S4+. The standard InChI is InChI=1S/C39H44N2O8S4/c1-6-7-19-40-32(38(2,3)28-16-17-30-26(35(28)40)18-22-50-30)14-10-8-11-15-33-39(4,5)29-24-31(52(43,44)45)37-27(23-34(51-37)53(46,47)48)36(29)41(33)20-12-9-13-21-49-25-42/h8,10-11,14-18,22-25H,6-7,9,12-13,19-21H2,1-5H3,(H-,43,44,45,46,47,48)/p+1. The van der Waals surface area contributed by atoms with Gasteiger partial charge in [0.25, 0.3) is 16.6 Å². The third-order valence-electron chi connectivity index (χ3n) is 10.3. The smallest absolute Gasteiger partial charge is 0.304 e. The highest BCUT2D eigenvalue weighted by Gasteiger charge is 2.45. The van der Waals surface area contributed by atoms with Crippen LogP contribution in [0.1, 0.15) is 77.8 Å². The first-order valence-electron chi connectivity index (χ1n) is 17.6. The van der Waals surface area contributed by atoms with Gasteiger partial charge in [-0.2, -0.15) is 21.4 Å². The molecule has 0 spiro atoms. The predicted octanol–water partition coefficient (Wildman–Crippen LogP) is 8.92. The Morgan fingerprint density at radius 2 is 1.66 bits per heavy atom. The molecule has 2 N–H and O–H groups in total. The van der Waals surface area contributed by atoms with E-state index in [1.54, 1.807) is 11.3 Å². The van der Waals surface area contributed by atoms with E-state index >= 15 is 0 Å².